The SMILES string of the molecule is Cc1cc(C)n2c(-c3ccc(I)cc3)cnc2c1. The molecule has 0 atom stereocenters. The maximum Gasteiger partial charge on any atom is 0.137 e. The topological polar surface area (TPSA) is 17.3 Å². The van der Waals surface area contributed by atoms with E-state index < -0.39 is 0 Å². The normalized spacial score (nSPS) is 11.1. The number of aromatic nitrogens is 2. The first-order chi connectivity index (χ1) is 8.65. The number of hydrogen-bond acceptors (Lipinski definition) is 1. The van der Waals surface area contributed by atoms with Gasteiger partial charge in [-0.15, -0.1) is 0 Å². The number of hydrogen-bond donors (Lipinski definition) is 0. The van der Waals surface area contributed by atoms with Gasteiger partial charge >= 0.3 is 0 Å². The van der Waals surface area contributed by atoms with Crippen LogP contribution in [0.5, 0.6) is 0 Å². The van der Waals surface area contributed by atoms with Gasteiger partial charge in [-0.25, -0.2) is 4.98 Å². The van der Waals surface area contributed by atoms with Crippen LogP contribution in [0.1, 0.15) is 11.3 Å². The zero-order chi connectivity index (χ0) is 12.7. The number of rotatable bonds is 1. The molecular weight excluding hydrogens is 335 g/mol. The summed E-state index contributed by atoms with van der Waals surface area (Å²) >= 11 is 2.32. The molecule has 0 aliphatic rings. The Balaban J connectivity index is 2.27. The summed E-state index contributed by atoms with van der Waals surface area (Å²) < 4.78 is 3.45. The van der Waals surface area contributed by atoms with Crippen molar-refractivity contribution < 1.29 is 0 Å². The van der Waals surface area contributed by atoms with Crippen LogP contribution in [0, 0.1) is 17.4 Å². The van der Waals surface area contributed by atoms with Crippen molar-refractivity contribution >= 4 is 28.2 Å². The zero-order valence-corrected chi connectivity index (χ0v) is 12.5. The van der Waals surface area contributed by atoms with E-state index in [0.29, 0.717) is 0 Å². The summed E-state index contributed by atoms with van der Waals surface area (Å²) in [5, 5.41) is 0. The molecule has 0 amide bonds. The third-order valence-electron chi connectivity index (χ3n) is 3.08. The zero-order valence-electron chi connectivity index (χ0n) is 10.3. The molecule has 0 aliphatic carbocycles. The van der Waals surface area contributed by atoms with Gasteiger partial charge < -0.3 is 0 Å². The van der Waals surface area contributed by atoms with E-state index in [1.54, 1.807) is 0 Å². The summed E-state index contributed by atoms with van der Waals surface area (Å²) in [6.45, 7) is 4.23. The molecule has 1 aromatic carbocycles. The highest BCUT2D eigenvalue weighted by molar-refractivity contribution is 14.1. The number of pyridine rings is 1. The summed E-state index contributed by atoms with van der Waals surface area (Å²) in [5.41, 5.74) is 5.84. The molecule has 3 aromatic rings. The maximum absolute atomic E-state index is 4.50. The van der Waals surface area contributed by atoms with Crippen molar-refractivity contribution in [2.45, 2.75) is 13.8 Å². The van der Waals surface area contributed by atoms with Gasteiger partial charge in [0.25, 0.3) is 0 Å². The Hall–Kier alpha value is -1.36. The standard InChI is InChI=1S/C15H13IN2/c1-10-7-11(2)18-14(9-17-15(18)8-10)12-3-5-13(16)6-4-12/h3-9H,1-2H3. The molecule has 0 unspecified atom stereocenters. The van der Waals surface area contributed by atoms with Crippen LogP contribution in [-0.4, -0.2) is 9.38 Å². The first-order valence-corrected chi connectivity index (χ1v) is 6.94. The van der Waals surface area contributed by atoms with E-state index in [0.717, 1.165) is 11.3 Å². The second-order valence-electron chi connectivity index (χ2n) is 4.52. The molecule has 2 heterocycles. The first-order valence-electron chi connectivity index (χ1n) is 5.86. The molecule has 90 valence electrons. The predicted octanol–water partition coefficient (Wildman–Crippen LogP) is 4.22. The van der Waals surface area contributed by atoms with Crippen molar-refractivity contribution in [3.8, 4) is 11.3 Å². The van der Waals surface area contributed by atoms with E-state index >= 15 is 0 Å². The lowest BCUT2D eigenvalue weighted by atomic mass is 10.1. The smallest absolute Gasteiger partial charge is 0.137 e. The van der Waals surface area contributed by atoms with Gasteiger partial charge in [0.15, 0.2) is 0 Å². The minimum absolute atomic E-state index is 1.01. The molecule has 3 rings (SSSR count). The quantitative estimate of drug-likeness (QED) is 0.602. The second kappa shape index (κ2) is 4.39. The van der Waals surface area contributed by atoms with Crippen molar-refractivity contribution in [3.05, 3.63) is 57.4 Å². The third kappa shape index (κ3) is 1.92. The van der Waals surface area contributed by atoms with E-state index in [2.05, 4.69) is 82.2 Å². The Kier molecular flexibility index (Phi) is 2.86. The van der Waals surface area contributed by atoms with E-state index in [1.165, 1.54) is 20.4 Å². The molecule has 0 fully saturated rings. The Morgan fingerprint density at radius 3 is 2.50 bits per heavy atom. The van der Waals surface area contributed by atoms with Crippen LogP contribution < -0.4 is 0 Å². The Bertz CT molecular complexity index is 711. The molecule has 2 aromatic heterocycles. The fourth-order valence-corrected chi connectivity index (χ4v) is 2.66. The number of fused-ring (bicyclic) bond motifs is 1. The molecular formula is C15H13IN2. The van der Waals surface area contributed by atoms with Crippen molar-refractivity contribution in [2.75, 3.05) is 0 Å². The third-order valence-corrected chi connectivity index (χ3v) is 3.79. The molecule has 0 saturated heterocycles. The number of halogens is 1. The summed E-state index contributed by atoms with van der Waals surface area (Å²) in [5.74, 6) is 0. The molecule has 0 aliphatic heterocycles. The molecule has 18 heavy (non-hydrogen) atoms. The van der Waals surface area contributed by atoms with Gasteiger partial charge in [-0.2, -0.15) is 0 Å². The monoisotopic (exact) mass is 348 g/mol. The summed E-state index contributed by atoms with van der Waals surface area (Å²) in [6, 6.07) is 12.8. The first kappa shape index (κ1) is 11.7. The number of benzene rings is 1. The van der Waals surface area contributed by atoms with Crippen molar-refractivity contribution in [1.29, 1.82) is 0 Å². The van der Waals surface area contributed by atoms with E-state index in [-0.39, 0.29) is 0 Å². The lowest BCUT2D eigenvalue weighted by Crippen LogP contribution is -1.94. The Morgan fingerprint density at radius 1 is 1.06 bits per heavy atom. The highest BCUT2D eigenvalue weighted by Gasteiger charge is 2.08. The molecule has 0 spiro atoms. The Labute approximate surface area is 120 Å². The van der Waals surface area contributed by atoms with Gasteiger partial charge in [-0.3, -0.25) is 4.40 Å². The van der Waals surface area contributed by atoms with Gasteiger partial charge in [0.1, 0.15) is 5.65 Å². The summed E-state index contributed by atoms with van der Waals surface area (Å²) in [7, 11) is 0. The van der Waals surface area contributed by atoms with Gasteiger partial charge in [-0.1, -0.05) is 12.1 Å². The number of nitrogens with zero attached hydrogens (tertiary/aromatic N) is 2. The minimum atomic E-state index is 1.01. The highest BCUT2D eigenvalue weighted by atomic mass is 127. The average Bonchev–Trinajstić information content (AvgIpc) is 2.74. The highest BCUT2D eigenvalue weighted by Crippen LogP contribution is 2.23. The van der Waals surface area contributed by atoms with Gasteiger partial charge in [0, 0.05) is 14.8 Å². The van der Waals surface area contributed by atoms with Gasteiger partial charge in [0.2, 0.25) is 0 Å². The van der Waals surface area contributed by atoms with Crippen LogP contribution in [0.4, 0.5) is 0 Å². The lowest BCUT2D eigenvalue weighted by molar-refractivity contribution is 1.09. The lowest BCUT2D eigenvalue weighted by Gasteiger charge is -2.07. The van der Waals surface area contributed by atoms with Crippen LogP contribution >= 0.6 is 22.6 Å². The van der Waals surface area contributed by atoms with Crippen molar-refractivity contribution in [1.82, 2.24) is 9.38 Å². The predicted molar refractivity (Wildman–Crippen MR) is 82.8 cm³/mol. The molecule has 0 saturated carbocycles. The van der Waals surface area contributed by atoms with Gasteiger partial charge in [-0.05, 0) is 66.3 Å². The Morgan fingerprint density at radius 2 is 1.78 bits per heavy atom. The van der Waals surface area contributed by atoms with E-state index in [9.17, 15) is 0 Å². The molecule has 0 radical (unpaired) electrons. The molecule has 2 nitrogen and oxygen atoms in total. The summed E-state index contributed by atoms with van der Waals surface area (Å²) in [6.07, 6.45) is 1.95. The molecule has 0 N–H and O–H groups in total. The maximum atomic E-state index is 4.50. The van der Waals surface area contributed by atoms with Crippen molar-refractivity contribution in [3.63, 3.8) is 0 Å². The van der Waals surface area contributed by atoms with Crippen LogP contribution in [0.25, 0.3) is 16.9 Å². The summed E-state index contributed by atoms with van der Waals surface area (Å²) in [4.78, 5) is 4.50. The minimum Gasteiger partial charge on any atom is -0.297 e. The molecule has 3 heteroatoms. The van der Waals surface area contributed by atoms with Gasteiger partial charge in [0.05, 0.1) is 11.9 Å². The second-order valence-corrected chi connectivity index (χ2v) is 5.76. The van der Waals surface area contributed by atoms with Crippen LogP contribution in [0.15, 0.2) is 42.6 Å². The van der Waals surface area contributed by atoms with E-state index in [4.69, 9.17) is 0 Å². The van der Waals surface area contributed by atoms with Crippen molar-refractivity contribution in [2.24, 2.45) is 0 Å². The molecule has 0 bridgehead atoms. The van der Waals surface area contributed by atoms with Crippen LogP contribution in [0.2, 0.25) is 0 Å². The number of aryl methyl sites for hydroxylation is 2. The fraction of sp³-hybridized carbons (Fsp3) is 0.133. The van der Waals surface area contributed by atoms with Crippen LogP contribution in [0.3, 0.4) is 0 Å². The largest absolute Gasteiger partial charge is 0.297 e. The number of imidazole rings is 1. The average molecular weight is 348 g/mol. The fourth-order valence-electron chi connectivity index (χ4n) is 2.30. The van der Waals surface area contributed by atoms with E-state index in [1.807, 2.05) is 6.20 Å². The van der Waals surface area contributed by atoms with Crippen LogP contribution in [-0.2, 0) is 0 Å².